The van der Waals surface area contributed by atoms with Gasteiger partial charge < -0.3 is 10.1 Å². The van der Waals surface area contributed by atoms with Crippen molar-refractivity contribution >= 4 is 0 Å². The van der Waals surface area contributed by atoms with Crippen LogP contribution in [0, 0.1) is 12.8 Å². The number of ether oxygens (including phenoxy) is 1. The van der Waals surface area contributed by atoms with Crippen molar-refractivity contribution < 1.29 is 4.74 Å². The van der Waals surface area contributed by atoms with Crippen LogP contribution < -0.4 is 5.32 Å². The molecule has 1 aromatic carbocycles. The normalized spacial score (nSPS) is 25.2. The topological polar surface area (TPSA) is 21.3 Å². The third kappa shape index (κ3) is 3.55. The van der Waals surface area contributed by atoms with E-state index in [-0.39, 0.29) is 6.10 Å². The highest BCUT2D eigenvalue weighted by Gasteiger charge is 2.23. The van der Waals surface area contributed by atoms with E-state index >= 15 is 0 Å². The molecule has 1 aromatic rings. The minimum atomic E-state index is 0.215. The molecule has 94 valence electrons. The van der Waals surface area contributed by atoms with E-state index < -0.39 is 0 Å². The van der Waals surface area contributed by atoms with Gasteiger partial charge in [0, 0.05) is 13.1 Å². The van der Waals surface area contributed by atoms with Gasteiger partial charge in [-0.15, -0.1) is 0 Å². The zero-order valence-electron chi connectivity index (χ0n) is 11.1. The quantitative estimate of drug-likeness (QED) is 0.866. The van der Waals surface area contributed by atoms with Gasteiger partial charge in [0.05, 0.1) is 12.2 Å². The van der Waals surface area contributed by atoms with Gasteiger partial charge in [0.1, 0.15) is 0 Å². The fourth-order valence-corrected chi connectivity index (χ4v) is 2.44. The third-order valence-corrected chi connectivity index (χ3v) is 3.21. The molecule has 1 aliphatic rings. The molecule has 0 spiro atoms. The Morgan fingerprint density at radius 2 is 2.18 bits per heavy atom. The second kappa shape index (κ2) is 5.65. The summed E-state index contributed by atoms with van der Waals surface area (Å²) in [4.78, 5) is 0. The molecule has 0 aliphatic carbocycles. The maximum Gasteiger partial charge on any atom is 0.0953 e. The molecule has 0 bridgehead atoms. The molecule has 1 aliphatic heterocycles. The zero-order chi connectivity index (χ0) is 12.3. The van der Waals surface area contributed by atoms with E-state index in [0.29, 0.717) is 12.0 Å². The van der Waals surface area contributed by atoms with Crippen LogP contribution in [0.1, 0.15) is 37.5 Å². The minimum Gasteiger partial charge on any atom is -0.368 e. The summed E-state index contributed by atoms with van der Waals surface area (Å²) >= 11 is 0. The standard InChI is InChI=1S/C15H23NO/c1-11(2)7-14-9-16-10-15(17-14)13-6-4-5-12(3)8-13/h4-6,8,11,14-16H,7,9-10H2,1-3H3. The van der Waals surface area contributed by atoms with Crippen molar-refractivity contribution in [2.24, 2.45) is 5.92 Å². The van der Waals surface area contributed by atoms with Crippen LogP contribution in [0.5, 0.6) is 0 Å². The average molecular weight is 233 g/mol. The second-order valence-electron chi connectivity index (χ2n) is 5.45. The van der Waals surface area contributed by atoms with Gasteiger partial charge in [0.25, 0.3) is 0 Å². The van der Waals surface area contributed by atoms with Gasteiger partial charge in [0.2, 0.25) is 0 Å². The predicted octanol–water partition coefficient (Wildman–Crippen LogP) is 3.07. The largest absolute Gasteiger partial charge is 0.368 e. The number of benzene rings is 1. The first kappa shape index (κ1) is 12.6. The van der Waals surface area contributed by atoms with Crippen molar-refractivity contribution in [2.75, 3.05) is 13.1 Å². The molecule has 1 saturated heterocycles. The van der Waals surface area contributed by atoms with Crippen LogP contribution in [0.25, 0.3) is 0 Å². The Balaban J connectivity index is 2.02. The van der Waals surface area contributed by atoms with E-state index in [4.69, 9.17) is 4.74 Å². The number of hydrogen-bond acceptors (Lipinski definition) is 2. The van der Waals surface area contributed by atoms with Crippen LogP contribution in [-0.2, 0) is 4.74 Å². The molecule has 1 N–H and O–H groups in total. The molecule has 2 unspecified atom stereocenters. The lowest BCUT2D eigenvalue weighted by Crippen LogP contribution is -2.41. The van der Waals surface area contributed by atoms with Crippen LogP contribution in [0.2, 0.25) is 0 Å². The van der Waals surface area contributed by atoms with E-state index in [0.717, 1.165) is 19.5 Å². The molecule has 2 rings (SSSR count). The van der Waals surface area contributed by atoms with Crippen molar-refractivity contribution in [2.45, 2.75) is 39.4 Å². The van der Waals surface area contributed by atoms with Crippen LogP contribution >= 0.6 is 0 Å². The molecule has 0 saturated carbocycles. The zero-order valence-corrected chi connectivity index (χ0v) is 11.1. The fourth-order valence-electron chi connectivity index (χ4n) is 2.44. The van der Waals surface area contributed by atoms with E-state index in [9.17, 15) is 0 Å². The van der Waals surface area contributed by atoms with Crippen LogP contribution in [0.3, 0.4) is 0 Å². The number of hydrogen-bond donors (Lipinski definition) is 1. The Kier molecular flexibility index (Phi) is 4.19. The summed E-state index contributed by atoms with van der Waals surface area (Å²) in [5.74, 6) is 0.693. The molecule has 1 fully saturated rings. The predicted molar refractivity (Wildman–Crippen MR) is 71.1 cm³/mol. The number of morpholine rings is 1. The molecule has 2 nitrogen and oxygen atoms in total. The summed E-state index contributed by atoms with van der Waals surface area (Å²) in [6, 6.07) is 8.63. The molecule has 17 heavy (non-hydrogen) atoms. The third-order valence-electron chi connectivity index (χ3n) is 3.21. The summed E-state index contributed by atoms with van der Waals surface area (Å²) in [5, 5.41) is 3.48. The van der Waals surface area contributed by atoms with Gasteiger partial charge in [-0.1, -0.05) is 43.7 Å². The van der Waals surface area contributed by atoms with E-state index in [1.165, 1.54) is 11.1 Å². The van der Waals surface area contributed by atoms with Crippen molar-refractivity contribution in [3.8, 4) is 0 Å². The van der Waals surface area contributed by atoms with E-state index in [1.54, 1.807) is 0 Å². The lowest BCUT2D eigenvalue weighted by molar-refractivity contribution is -0.0474. The minimum absolute atomic E-state index is 0.215. The highest BCUT2D eigenvalue weighted by Crippen LogP contribution is 2.24. The Hall–Kier alpha value is -0.860. The SMILES string of the molecule is Cc1cccc(C2CNCC(CC(C)C)O2)c1. The Labute approximate surface area is 104 Å². The molecular formula is C15H23NO. The highest BCUT2D eigenvalue weighted by atomic mass is 16.5. The lowest BCUT2D eigenvalue weighted by atomic mass is 10.0. The van der Waals surface area contributed by atoms with Gasteiger partial charge >= 0.3 is 0 Å². The van der Waals surface area contributed by atoms with Crippen LogP contribution in [0.15, 0.2) is 24.3 Å². The molecule has 2 heteroatoms. The van der Waals surface area contributed by atoms with Gasteiger partial charge in [-0.25, -0.2) is 0 Å². The van der Waals surface area contributed by atoms with Crippen LogP contribution in [-0.4, -0.2) is 19.2 Å². The summed E-state index contributed by atoms with van der Waals surface area (Å²) in [6.45, 7) is 8.54. The second-order valence-corrected chi connectivity index (χ2v) is 5.45. The summed E-state index contributed by atoms with van der Waals surface area (Å²) in [5.41, 5.74) is 2.60. The Morgan fingerprint density at radius 1 is 1.35 bits per heavy atom. The average Bonchev–Trinajstić information content (AvgIpc) is 2.28. The summed E-state index contributed by atoms with van der Waals surface area (Å²) < 4.78 is 6.18. The maximum absolute atomic E-state index is 6.18. The highest BCUT2D eigenvalue weighted by molar-refractivity contribution is 5.24. The molecule has 2 atom stereocenters. The van der Waals surface area contributed by atoms with Crippen molar-refractivity contribution in [1.29, 1.82) is 0 Å². The number of nitrogens with one attached hydrogen (secondary N) is 1. The van der Waals surface area contributed by atoms with Gasteiger partial charge in [-0.05, 0) is 24.8 Å². The van der Waals surface area contributed by atoms with Gasteiger partial charge in [0.15, 0.2) is 0 Å². The van der Waals surface area contributed by atoms with Gasteiger partial charge in [-0.2, -0.15) is 0 Å². The Morgan fingerprint density at radius 3 is 2.88 bits per heavy atom. The van der Waals surface area contributed by atoms with Gasteiger partial charge in [-0.3, -0.25) is 0 Å². The van der Waals surface area contributed by atoms with Crippen molar-refractivity contribution in [1.82, 2.24) is 5.32 Å². The van der Waals surface area contributed by atoms with E-state index in [2.05, 4.69) is 50.4 Å². The molecule has 0 aromatic heterocycles. The Bertz CT molecular complexity index is 362. The lowest BCUT2D eigenvalue weighted by Gasteiger charge is -2.32. The summed E-state index contributed by atoms with van der Waals surface area (Å²) in [7, 11) is 0. The first-order valence-electron chi connectivity index (χ1n) is 6.58. The number of aryl methyl sites for hydroxylation is 1. The van der Waals surface area contributed by atoms with E-state index in [1.807, 2.05) is 0 Å². The maximum atomic E-state index is 6.18. The monoisotopic (exact) mass is 233 g/mol. The molecule has 1 heterocycles. The molecule has 0 radical (unpaired) electrons. The first-order chi connectivity index (χ1) is 8.15. The molecular weight excluding hydrogens is 210 g/mol. The van der Waals surface area contributed by atoms with Crippen LogP contribution in [0.4, 0.5) is 0 Å². The van der Waals surface area contributed by atoms with Crippen molar-refractivity contribution in [3.63, 3.8) is 0 Å². The smallest absolute Gasteiger partial charge is 0.0953 e. The van der Waals surface area contributed by atoms with Crippen molar-refractivity contribution in [3.05, 3.63) is 35.4 Å². The molecule has 0 amide bonds. The fraction of sp³-hybridized carbons (Fsp3) is 0.600. The number of rotatable bonds is 3. The summed E-state index contributed by atoms with van der Waals surface area (Å²) in [6.07, 6.45) is 1.71. The first-order valence-corrected chi connectivity index (χ1v) is 6.58.